The summed E-state index contributed by atoms with van der Waals surface area (Å²) in [5.74, 6) is 0.626. The molecule has 1 spiro atoms. The largest absolute Gasteiger partial charge is 0.444 e. The molecule has 4 aromatic rings. The van der Waals surface area contributed by atoms with E-state index in [-0.39, 0.29) is 34.3 Å². The maximum absolute atomic E-state index is 15.8. The van der Waals surface area contributed by atoms with Gasteiger partial charge < -0.3 is 30.5 Å². The predicted molar refractivity (Wildman–Crippen MR) is 206 cm³/mol. The summed E-state index contributed by atoms with van der Waals surface area (Å²) < 4.78 is 23.2. The van der Waals surface area contributed by atoms with Crippen molar-refractivity contribution >= 4 is 56.9 Å². The number of amides is 2. The number of piperidine rings is 1. The van der Waals surface area contributed by atoms with Crippen LogP contribution in [0.1, 0.15) is 50.4 Å². The highest BCUT2D eigenvalue weighted by Gasteiger charge is 2.49. The molecule has 4 aliphatic rings. The van der Waals surface area contributed by atoms with Crippen LogP contribution in [0.3, 0.4) is 0 Å². The Hall–Kier alpha value is -4.31. The lowest BCUT2D eigenvalue weighted by atomic mass is 9.71. The van der Waals surface area contributed by atoms with Gasteiger partial charge in [-0.05, 0) is 93.9 Å². The van der Waals surface area contributed by atoms with Gasteiger partial charge in [0.1, 0.15) is 34.3 Å². The second-order valence-corrected chi connectivity index (χ2v) is 17.2. The van der Waals surface area contributed by atoms with E-state index in [0.717, 1.165) is 71.6 Å². The van der Waals surface area contributed by atoms with Gasteiger partial charge >= 0.3 is 6.09 Å². The fourth-order valence-corrected chi connectivity index (χ4v) is 8.96. The second kappa shape index (κ2) is 14.1. The monoisotopic (exact) mass is 771 g/mol. The Morgan fingerprint density at radius 3 is 2.54 bits per heavy atom. The van der Waals surface area contributed by atoms with Crippen LogP contribution in [0.15, 0.2) is 48.9 Å². The minimum absolute atomic E-state index is 0.129. The van der Waals surface area contributed by atoms with Gasteiger partial charge in [0.15, 0.2) is 0 Å². The quantitative estimate of drug-likeness (QED) is 0.253. The van der Waals surface area contributed by atoms with Crippen LogP contribution in [-0.2, 0) is 4.74 Å². The zero-order valence-electron chi connectivity index (χ0n) is 30.8. The number of nitrogens with zero attached hydrogens (tertiary/aromatic N) is 8. The van der Waals surface area contributed by atoms with Crippen LogP contribution in [-0.4, -0.2) is 126 Å². The minimum Gasteiger partial charge on any atom is -0.444 e. The van der Waals surface area contributed by atoms with E-state index < -0.39 is 17.3 Å². The Labute approximate surface area is 322 Å². The van der Waals surface area contributed by atoms with Gasteiger partial charge in [0.2, 0.25) is 5.95 Å². The highest BCUT2D eigenvalue weighted by Crippen LogP contribution is 2.44. The van der Waals surface area contributed by atoms with E-state index in [9.17, 15) is 9.59 Å². The lowest BCUT2D eigenvalue weighted by molar-refractivity contribution is -0.0407. The maximum atomic E-state index is 15.8. The molecule has 16 heteroatoms. The first kappa shape index (κ1) is 36.7. The molecule has 0 saturated carbocycles. The molecule has 2 atom stereocenters. The molecule has 3 aromatic heterocycles. The van der Waals surface area contributed by atoms with Gasteiger partial charge in [-0.3, -0.25) is 14.1 Å². The standard InChI is InChI=1S/C38H45ClFN10O3Si/c1-37(2,3)53-36(52)48-19-26(20-48)47-12-7-24(18-47)34(54)49-21-38(22-49)8-13-46(14-9-38)35-45-30(31-32(41)43-11-15-50(31)35)27-5-4-23(16-28(27)40)33(51)44-29-17-25(39)6-10-42-29/h4-6,10-11,15-17,24,26,34H,7-9,12-14,18-22H2,1-3H3,(H2,41,43)(H,42,44,51)/t24-,34?/m0/s1. The number of hydrogen-bond acceptors (Lipinski definition) is 10. The van der Waals surface area contributed by atoms with Gasteiger partial charge in [0, 0.05) is 96.8 Å². The topological polar surface area (TPSA) is 137 Å². The summed E-state index contributed by atoms with van der Waals surface area (Å²) in [6.07, 6.45) is 7.88. The van der Waals surface area contributed by atoms with Crippen LogP contribution >= 0.6 is 11.6 Å². The third-order valence-corrected chi connectivity index (χ3v) is 12.4. The van der Waals surface area contributed by atoms with Gasteiger partial charge in [-0.2, -0.15) is 0 Å². The van der Waals surface area contributed by atoms with E-state index in [0.29, 0.717) is 39.8 Å². The Balaban J connectivity index is 0.882. The summed E-state index contributed by atoms with van der Waals surface area (Å²) in [6, 6.07) is 7.81. The molecule has 8 rings (SSSR count). The van der Waals surface area contributed by atoms with Crippen LogP contribution in [0.4, 0.5) is 26.8 Å². The first-order valence-electron chi connectivity index (χ1n) is 18.5. The van der Waals surface area contributed by atoms with Crippen molar-refractivity contribution in [2.24, 2.45) is 11.3 Å². The number of halogens is 2. The predicted octanol–water partition coefficient (Wildman–Crippen LogP) is 4.76. The SMILES string of the molecule is CC(C)(C)OC(=O)N1CC(N2CC[C@H](C([Si])N3CC4(CCN(c5nc(-c6ccc(C(=O)Nc7cc(Cl)ccn7)cc6F)c6c(N)nccn56)CC4)C3)C2)C1. The fourth-order valence-electron chi connectivity index (χ4n) is 8.34. The Kier molecular flexibility index (Phi) is 9.55. The summed E-state index contributed by atoms with van der Waals surface area (Å²) in [5.41, 5.74) is 7.72. The molecular formula is C38H45ClFN10O3Si. The number of ether oxygens (including phenoxy) is 1. The van der Waals surface area contributed by atoms with Crippen molar-refractivity contribution in [3.63, 3.8) is 0 Å². The number of benzene rings is 1. The van der Waals surface area contributed by atoms with Crippen molar-refractivity contribution in [3.8, 4) is 11.3 Å². The molecule has 4 aliphatic heterocycles. The number of nitrogen functional groups attached to an aromatic ring is 1. The fraction of sp³-hybridized carbons (Fsp3) is 0.500. The molecule has 13 nitrogen and oxygen atoms in total. The number of imidazole rings is 1. The maximum Gasteiger partial charge on any atom is 0.410 e. The first-order chi connectivity index (χ1) is 25.8. The van der Waals surface area contributed by atoms with Gasteiger partial charge in [-0.25, -0.2) is 24.1 Å². The average Bonchev–Trinajstić information content (AvgIpc) is 3.72. The normalized spacial score (nSPS) is 21.3. The smallest absolute Gasteiger partial charge is 0.410 e. The van der Waals surface area contributed by atoms with E-state index >= 15 is 4.39 Å². The molecule has 3 radical (unpaired) electrons. The van der Waals surface area contributed by atoms with Gasteiger partial charge in [0.25, 0.3) is 5.91 Å². The number of hydrogen-bond donors (Lipinski definition) is 2. The number of rotatable bonds is 7. The molecule has 0 aliphatic carbocycles. The van der Waals surface area contributed by atoms with E-state index in [2.05, 4.69) is 40.2 Å². The Bertz CT molecular complexity index is 2070. The lowest BCUT2D eigenvalue weighted by Gasteiger charge is -2.57. The average molecular weight is 772 g/mol. The van der Waals surface area contributed by atoms with Gasteiger partial charge in [0.05, 0.1) is 0 Å². The third kappa shape index (κ3) is 7.14. The summed E-state index contributed by atoms with van der Waals surface area (Å²) in [5, 5.41) is 3.08. The zero-order chi connectivity index (χ0) is 37.9. The number of pyridine rings is 1. The van der Waals surface area contributed by atoms with E-state index in [4.69, 9.17) is 27.1 Å². The number of carbonyl (C=O) groups excluding carboxylic acids is 2. The summed E-state index contributed by atoms with van der Waals surface area (Å²) in [4.78, 5) is 47.8. The molecule has 54 heavy (non-hydrogen) atoms. The summed E-state index contributed by atoms with van der Waals surface area (Å²) in [6.45, 7) is 13.0. The minimum atomic E-state index is -0.603. The van der Waals surface area contributed by atoms with Crippen molar-refractivity contribution < 1.29 is 18.7 Å². The Morgan fingerprint density at radius 2 is 1.83 bits per heavy atom. The molecule has 4 saturated heterocycles. The number of anilines is 3. The molecule has 283 valence electrons. The van der Waals surface area contributed by atoms with E-state index in [1.807, 2.05) is 31.4 Å². The molecule has 1 aromatic carbocycles. The highest BCUT2D eigenvalue weighted by atomic mass is 35.5. The molecule has 3 N–H and O–H groups in total. The second-order valence-electron chi connectivity index (χ2n) is 16.2. The molecule has 7 heterocycles. The zero-order valence-corrected chi connectivity index (χ0v) is 32.5. The van der Waals surface area contributed by atoms with Crippen LogP contribution in [0, 0.1) is 17.2 Å². The van der Waals surface area contributed by atoms with Crippen molar-refractivity contribution in [2.75, 3.05) is 68.3 Å². The molecule has 1 unspecified atom stereocenters. The van der Waals surface area contributed by atoms with Crippen LogP contribution in [0.2, 0.25) is 5.02 Å². The van der Waals surface area contributed by atoms with Gasteiger partial charge in [-0.15, -0.1) is 0 Å². The number of carbonyl (C=O) groups is 2. The molecule has 4 fully saturated rings. The van der Waals surface area contributed by atoms with E-state index in [1.165, 1.54) is 18.3 Å². The Morgan fingerprint density at radius 1 is 1.07 bits per heavy atom. The van der Waals surface area contributed by atoms with E-state index in [1.54, 1.807) is 29.3 Å². The number of nitrogens with two attached hydrogens (primary N) is 1. The molecule has 2 amide bonds. The summed E-state index contributed by atoms with van der Waals surface area (Å²) >= 11 is 6.01. The third-order valence-electron chi connectivity index (χ3n) is 11.3. The van der Waals surface area contributed by atoms with Crippen LogP contribution < -0.4 is 16.0 Å². The van der Waals surface area contributed by atoms with Crippen LogP contribution in [0.5, 0.6) is 0 Å². The highest BCUT2D eigenvalue weighted by molar-refractivity contribution is 6.30. The first-order valence-corrected chi connectivity index (χ1v) is 19.5. The number of likely N-dealkylation sites (tertiary alicyclic amines) is 3. The van der Waals surface area contributed by atoms with Crippen molar-refractivity contribution in [1.82, 2.24) is 34.1 Å². The lowest BCUT2D eigenvalue weighted by Crippen LogP contribution is -2.65. The number of nitrogens with one attached hydrogen (secondary N) is 1. The summed E-state index contributed by atoms with van der Waals surface area (Å²) in [7, 11) is 4.13. The van der Waals surface area contributed by atoms with Crippen molar-refractivity contribution in [1.29, 1.82) is 0 Å². The molecule has 0 bridgehead atoms. The molecular weight excluding hydrogens is 727 g/mol. The van der Waals surface area contributed by atoms with Crippen molar-refractivity contribution in [2.45, 2.75) is 57.3 Å². The van der Waals surface area contributed by atoms with Crippen molar-refractivity contribution in [3.05, 3.63) is 65.3 Å². The number of aromatic nitrogens is 4. The number of fused-ring (bicyclic) bond motifs is 1. The van der Waals surface area contributed by atoms with Gasteiger partial charge in [-0.1, -0.05) is 11.6 Å². The van der Waals surface area contributed by atoms with Crippen LogP contribution in [0.25, 0.3) is 16.8 Å².